The highest BCUT2D eigenvalue weighted by Crippen LogP contribution is 2.21. The smallest absolute Gasteiger partial charge is 0.119 e. The zero-order valence-electron chi connectivity index (χ0n) is 12.3. The third-order valence-electron chi connectivity index (χ3n) is 3.31. The Morgan fingerprint density at radius 3 is 2.09 bits per heavy atom. The Labute approximate surface area is 130 Å². The minimum Gasteiger partial charge on any atom is -0.497 e. The lowest BCUT2D eigenvalue weighted by atomic mass is 10.0. The van der Waals surface area contributed by atoms with Gasteiger partial charge in [0.25, 0.3) is 0 Å². The number of benzene rings is 2. The van der Waals surface area contributed by atoms with Crippen molar-refractivity contribution in [2.45, 2.75) is 0 Å². The van der Waals surface area contributed by atoms with Crippen LogP contribution in [0.5, 0.6) is 5.75 Å². The van der Waals surface area contributed by atoms with Crippen molar-refractivity contribution < 1.29 is 4.74 Å². The monoisotopic (exact) mass is 288 g/mol. The Balaban J connectivity index is 2.06. The first kappa shape index (κ1) is 14.0. The molecule has 0 atom stereocenters. The van der Waals surface area contributed by atoms with E-state index in [0.717, 1.165) is 28.3 Å². The Bertz CT molecular complexity index is 709. The van der Waals surface area contributed by atoms with Gasteiger partial charge in [-0.05, 0) is 36.4 Å². The molecular weight excluding hydrogens is 272 g/mol. The van der Waals surface area contributed by atoms with Crippen molar-refractivity contribution in [3.8, 4) is 5.75 Å². The Morgan fingerprint density at radius 1 is 0.818 bits per heavy atom. The largest absolute Gasteiger partial charge is 0.497 e. The van der Waals surface area contributed by atoms with E-state index in [4.69, 9.17) is 9.73 Å². The second-order valence-corrected chi connectivity index (χ2v) is 4.76. The van der Waals surface area contributed by atoms with E-state index in [2.05, 4.69) is 17.1 Å². The Hall–Kier alpha value is -2.94. The first-order valence-corrected chi connectivity index (χ1v) is 7.05. The SMILES string of the molecule is COc1ccc(N=C(c2ccccc2)c2ccncc2)cc1. The molecule has 0 bridgehead atoms. The molecule has 3 aromatic rings. The topological polar surface area (TPSA) is 34.5 Å². The van der Waals surface area contributed by atoms with Crippen molar-refractivity contribution in [3.63, 3.8) is 0 Å². The van der Waals surface area contributed by atoms with E-state index in [0.29, 0.717) is 0 Å². The second-order valence-electron chi connectivity index (χ2n) is 4.76. The van der Waals surface area contributed by atoms with Crippen LogP contribution in [-0.2, 0) is 0 Å². The molecule has 1 heterocycles. The van der Waals surface area contributed by atoms with Gasteiger partial charge in [-0.3, -0.25) is 4.98 Å². The van der Waals surface area contributed by atoms with Gasteiger partial charge in [0.15, 0.2) is 0 Å². The molecule has 0 aliphatic carbocycles. The zero-order valence-corrected chi connectivity index (χ0v) is 12.3. The summed E-state index contributed by atoms with van der Waals surface area (Å²) in [5.74, 6) is 0.823. The minimum absolute atomic E-state index is 0.823. The van der Waals surface area contributed by atoms with Crippen LogP contribution in [0.1, 0.15) is 11.1 Å². The highest BCUT2D eigenvalue weighted by atomic mass is 16.5. The highest BCUT2D eigenvalue weighted by molar-refractivity contribution is 6.13. The van der Waals surface area contributed by atoms with Crippen LogP contribution in [0.25, 0.3) is 0 Å². The number of methoxy groups -OCH3 is 1. The van der Waals surface area contributed by atoms with Crippen molar-refractivity contribution in [1.82, 2.24) is 4.98 Å². The van der Waals surface area contributed by atoms with Crippen LogP contribution in [0.2, 0.25) is 0 Å². The minimum atomic E-state index is 0.823. The lowest BCUT2D eigenvalue weighted by Crippen LogP contribution is -2.02. The second kappa shape index (κ2) is 6.68. The van der Waals surface area contributed by atoms with Crippen LogP contribution in [0.4, 0.5) is 5.69 Å². The first-order chi connectivity index (χ1) is 10.9. The van der Waals surface area contributed by atoms with Crippen molar-refractivity contribution in [1.29, 1.82) is 0 Å². The van der Waals surface area contributed by atoms with Gasteiger partial charge in [0.1, 0.15) is 5.75 Å². The average molecular weight is 288 g/mol. The van der Waals surface area contributed by atoms with Crippen LogP contribution in [0, 0.1) is 0 Å². The molecule has 0 saturated carbocycles. The summed E-state index contributed by atoms with van der Waals surface area (Å²) in [6, 6.07) is 21.8. The van der Waals surface area contributed by atoms with Crippen LogP contribution < -0.4 is 4.74 Å². The number of aliphatic imine (C=N–C) groups is 1. The predicted octanol–water partition coefficient (Wildman–Crippen LogP) is 4.26. The van der Waals surface area contributed by atoms with Crippen LogP contribution in [-0.4, -0.2) is 17.8 Å². The van der Waals surface area contributed by atoms with Crippen molar-refractivity contribution >= 4 is 11.4 Å². The quantitative estimate of drug-likeness (QED) is 0.672. The van der Waals surface area contributed by atoms with E-state index in [9.17, 15) is 0 Å². The third-order valence-corrected chi connectivity index (χ3v) is 3.31. The van der Waals surface area contributed by atoms with Crippen molar-refractivity contribution in [3.05, 3.63) is 90.3 Å². The summed E-state index contributed by atoms with van der Waals surface area (Å²) < 4.78 is 5.19. The summed E-state index contributed by atoms with van der Waals surface area (Å²) >= 11 is 0. The fourth-order valence-electron chi connectivity index (χ4n) is 2.19. The number of pyridine rings is 1. The fraction of sp³-hybridized carbons (Fsp3) is 0.0526. The fourth-order valence-corrected chi connectivity index (χ4v) is 2.19. The van der Waals surface area contributed by atoms with Gasteiger partial charge in [0, 0.05) is 23.5 Å². The number of hydrogen-bond donors (Lipinski definition) is 0. The molecule has 0 amide bonds. The molecule has 0 unspecified atom stereocenters. The van der Waals surface area contributed by atoms with Crippen molar-refractivity contribution in [2.24, 2.45) is 4.99 Å². The molecule has 0 spiro atoms. The summed E-state index contributed by atoms with van der Waals surface area (Å²) in [5.41, 5.74) is 3.92. The number of nitrogens with zero attached hydrogens (tertiary/aromatic N) is 2. The van der Waals surface area contributed by atoms with E-state index in [1.807, 2.05) is 54.6 Å². The summed E-state index contributed by atoms with van der Waals surface area (Å²) in [5, 5.41) is 0. The summed E-state index contributed by atoms with van der Waals surface area (Å²) in [7, 11) is 1.66. The molecular formula is C19H16N2O. The van der Waals surface area contributed by atoms with Crippen LogP contribution in [0.15, 0.2) is 84.1 Å². The van der Waals surface area contributed by atoms with Gasteiger partial charge in [-0.1, -0.05) is 30.3 Å². The number of aromatic nitrogens is 1. The number of rotatable bonds is 4. The molecule has 0 radical (unpaired) electrons. The maximum absolute atomic E-state index is 5.19. The lowest BCUT2D eigenvalue weighted by Gasteiger charge is -2.07. The molecule has 1 aromatic heterocycles. The first-order valence-electron chi connectivity index (χ1n) is 7.05. The van der Waals surface area contributed by atoms with Gasteiger partial charge in [-0.25, -0.2) is 4.99 Å². The van der Waals surface area contributed by atoms with E-state index >= 15 is 0 Å². The molecule has 0 saturated heterocycles. The standard InChI is InChI=1S/C19H16N2O/c1-22-18-9-7-17(8-10-18)21-19(15-5-3-2-4-6-15)16-11-13-20-14-12-16/h2-14H,1H3. The molecule has 3 rings (SSSR count). The summed E-state index contributed by atoms with van der Waals surface area (Å²) in [4.78, 5) is 8.89. The van der Waals surface area contributed by atoms with Gasteiger partial charge >= 0.3 is 0 Å². The van der Waals surface area contributed by atoms with E-state index in [1.165, 1.54) is 0 Å². The Morgan fingerprint density at radius 2 is 1.45 bits per heavy atom. The lowest BCUT2D eigenvalue weighted by molar-refractivity contribution is 0.415. The molecule has 108 valence electrons. The van der Waals surface area contributed by atoms with Gasteiger partial charge in [0.05, 0.1) is 18.5 Å². The molecule has 0 aliphatic rings. The van der Waals surface area contributed by atoms with Crippen LogP contribution >= 0.6 is 0 Å². The van der Waals surface area contributed by atoms with E-state index in [-0.39, 0.29) is 0 Å². The molecule has 0 aliphatic heterocycles. The molecule has 22 heavy (non-hydrogen) atoms. The van der Waals surface area contributed by atoms with Gasteiger partial charge in [0.2, 0.25) is 0 Å². The zero-order chi connectivity index (χ0) is 15.2. The number of ether oxygens (including phenoxy) is 1. The number of hydrogen-bond acceptors (Lipinski definition) is 3. The van der Waals surface area contributed by atoms with Crippen molar-refractivity contribution in [2.75, 3.05) is 7.11 Å². The average Bonchev–Trinajstić information content (AvgIpc) is 2.62. The van der Waals surface area contributed by atoms with E-state index in [1.54, 1.807) is 19.5 Å². The van der Waals surface area contributed by atoms with Gasteiger partial charge in [-0.2, -0.15) is 0 Å². The summed E-state index contributed by atoms with van der Waals surface area (Å²) in [6.07, 6.45) is 3.56. The van der Waals surface area contributed by atoms with E-state index < -0.39 is 0 Å². The molecule has 0 N–H and O–H groups in total. The summed E-state index contributed by atoms with van der Waals surface area (Å²) in [6.45, 7) is 0. The molecule has 3 nitrogen and oxygen atoms in total. The molecule has 3 heteroatoms. The highest BCUT2D eigenvalue weighted by Gasteiger charge is 2.06. The van der Waals surface area contributed by atoms with Crippen LogP contribution in [0.3, 0.4) is 0 Å². The third kappa shape index (κ3) is 3.20. The van der Waals surface area contributed by atoms with Gasteiger partial charge in [-0.15, -0.1) is 0 Å². The Kier molecular flexibility index (Phi) is 4.25. The normalized spacial score (nSPS) is 11.2. The maximum atomic E-state index is 5.19. The van der Waals surface area contributed by atoms with Gasteiger partial charge < -0.3 is 4.74 Å². The molecule has 2 aromatic carbocycles. The predicted molar refractivity (Wildman–Crippen MR) is 89.0 cm³/mol. The molecule has 0 fully saturated rings. The maximum Gasteiger partial charge on any atom is 0.119 e.